The van der Waals surface area contributed by atoms with E-state index in [2.05, 4.69) is 25.8 Å². The van der Waals surface area contributed by atoms with E-state index in [1.54, 1.807) is 6.07 Å². The molecule has 5 rings (SSSR count). The fraction of sp³-hybridized carbons (Fsp3) is 0.538. The number of piperidine rings is 1. The number of nitrogens with one attached hydrogen (secondary N) is 1. The largest absolute Gasteiger partial charge is 0.341 e. The van der Waals surface area contributed by atoms with E-state index in [4.69, 9.17) is 4.98 Å². The maximum atomic E-state index is 13.6. The number of halogens is 1. The van der Waals surface area contributed by atoms with Gasteiger partial charge in [-0.15, -0.1) is 0 Å². The number of aromatic nitrogens is 3. The van der Waals surface area contributed by atoms with Crippen LogP contribution < -0.4 is 0 Å². The van der Waals surface area contributed by atoms with Gasteiger partial charge in [0.25, 0.3) is 0 Å². The first-order valence-electron chi connectivity index (χ1n) is 12.2. The molecule has 1 atom stereocenters. The second-order valence-electron chi connectivity index (χ2n) is 9.67. The van der Waals surface area contributed by atoms with Gasteiger partial charge >= 0.3 is 0 Å². The Bertz CT molecular complexity index is 998. The van der Waals surface area contributed by atoms with Crippen LogP contribution in [0.2, 0.25) is 0 Å². The molecule has 1 aliphatic heterocycles. The standard InChI is InChI=1S/C26H34FN5/c27-22-10-11-24-25(14-22)30-26(29-24)19-31(16-20-6-4-12-28-15-20)17-21-7-5-13-32(18-21)23-8-2-1-3-9-23/h4,6,10-12,14-15,21,23H,1-3,5,7-9,13,16-19H2,(H,29,30)/t21-/m0/s1. The number of aromatic amines is 1. The summed E-state index contributed by atoms with van der Waals surface area (Å²) in [4.78, 5) is 17.6. The van der Waals surface area contributed by atoms with Gasteiger partial charge in [0.1, 0.15) is 11.6 Å². The first kappa shape index (κ1) is 21.5. The van der Waals surface area contributed by atoms with Gasteiger partial charge in [0.15, 0.2) is 0 Å². The Morgan fingerprint density at radius 1 is 1.06 bits per heavy atom. The zero-order valence-corrected chi connectivity index (χ0v) is 18.8. The van der Waals surface area contributed by atoms with E-state index in [1.807, 2.05) is 18.5 Å². The Kier molecular flexibility index (Phi) is 6.79. The molecule has 1 aromatic carbocycles. The molecule has 32 heavy (non-hydrogen) atoms. The summed E-state index contributed by atoms with van der Waals surface area (Å²) in [5.74, 6) is 1.34. The summed E-state index contributed by atoms with van der Waals surface area (Å²) < 4.78 is 13.6. The lowest BCUT2D eigenvalue weighted by Crippen LogP contribution is -2.46. The molecule has 2 aliphatic rings. The van der Waals surface area contributed by atoms with Crippen molar-refractivity contribution in [2.24, 2.45) is 5.92 Å². The molecule has 5 nitrogen and oxygen atoms in total. The van der Waals surface area contributed by atoms with Gasteiger partial charge in [-0.3, -0.25) is 9.88 Å². The first-order valence-corrected chi connectivity index (χ1v) is 12.2. The Balaban J connectivity index is 1.30. The van der Waals surface area contributed by atoms with Gasteiger partial charge in [-0.05, 0) is 68.0 Å². The third-order valence-corrected chi connectivity index (χ3v) is 7.15. The summed E-state index contributed by atoms with van der Waals surface area (Å²) in [6.45, 7) is 5.09. The smallest absolute Gasteiger partial charge is 0.125 e. The van der Waals surface area contributed by atoms with Crippen LogP contribution in [0.5, 0.6) is 0 Å². The maximum Gasteiger partial charge on any atom is 0.125 e. The van der Waals surface area contributed by atoms with Crippen molar-refractivity contribution in [3.8, 4) is 0 Å². The highest BCUT2D eigenvalue weighted by Gasteiger charge is 2.28. The third-order valence-electron chi connectivity index (χ3n) is 7.15. The topological polar surface area (TPSA) is 48.1 Å². The minimum atomic E-state index is -0.232. The van der Waals surface area contributed by atoms with E-state index < -0.39 is 0 Å². The van der Waals surface area contributed by atoms with Gasteiger partial charge in [0.05, 0.1) is 17.6 Å². The molecule has 0 amide bonds. The van der Waals surface area contributed by atoms with Crippen LogP contribution in [0, 0.1) is 11.7 Å². The Morgan fingerprint density at radius 2 is 1.97 bits per heavy atom. The monoisotopic (exact) mass is 435 g/mol. The number of nitrogens with zero attached hydrogens (tertiary/aromatic N) is 4. The maximum absolute atomic E-state index is 13.6. The number of pyridine rings is 1. The molecule has 0 bridgehead atoms. The molecule has 1 saturated carbocycles. The predicted octanol–water partition coefficient (Wildman–Crippen LogP) is 5.14. The van der Waals surface area contributed by atoms with Crippen molar-refractivity contribution in [3.05, 3.63) is 59.9 Å². The number of hydrogen-bond acceptors (Lipinski definition) is 4. The number of hydrogen-bond donors (Lipinski definition) is 1. The molecule has 3 aromatic rings. The first-order chi connectivity index (χ1) is 15.7. The number of benzene rings is 1. The van der Waals surface area contributed by atoms with E-state index in [1.165, 1.54) is 75.7 Å². The molecule has 3 heterocycles. The second kappa shape index (κ2) is 10.1. The summed E-state index contributed by atoms with van der Waals surface area (Å²) in [5.41, 5.74) is 2.81. The molecule has 0 unspecified atom stereocenters. The highest BCUT2D eigenvalue weighted by molar-refractivity contribution is 5.74. The number of fused-ring (bicyclic) bond motifs is 1. The fourth-order valence-corrected chi connectivity index (χ4v) is 5.65. The van der Waals surface area contributed by atoms with Gasteiger partial charge < -0.3 is 9.88 Å². The average molecular weight is 436 g/mol. The van der Waals surface area contributed by atoms with Gasteiger partial charge in [-0.2, -0.15) is 0 Å². The van der Waals surface area contributed by atoms with Gasteiger partial charge in [0.2, 0.25) is 0 Å². The van der Waals surface area contributed by atoms with Crippen molar-refractivity contribution in [1.82, 2.24) is 24.8 Å². The number of rotatable bonds is 7. The van der Waals surface area contributed by atoms with E-state index in [0.717, 1.165) is 42.5 Å². The molecule has 2 fully saturated rings. The predicted molar refractivity (Wildman–Crippen MR) is 126 cm³/mol. The molecule has 2 aromatic heterocycles. The van der Waals surface area contributed by atoms with E-state index in [0.29, 0.717) is 5.92 Å². The fourth-order valence-electron chi connectivity index (χ4n) is 5.65. The van der Waals surface area contributed by atoms with Crippen LogP contribution in [-0.2, 0) is 13.1 Å². The number of imidazole rings is 1. The van der Waals surface area contributed by atoms with E-state index >= 15 is 0 Å². The van der Waals surface area contributed by atoms with Gasteiger partial charge in [-0.25, -0.2) is 9.37 Å². The van der Waals surface area contributed by atoms with Gasteiger partial charge in [-0.1, -0.05) is 25.3 Å². The van der Waals surface area contributed by atoms with E-state index in [9.17, 15) is 4.39 Å². The molecule has 0 spiro atoms. The van der Waals surface area contributed by atoms with Crippen LogP contribution in [0.25, 0.3) is 11.0 Å². The summed E-state index contributed by atoms with van der Waals surface area (Å²) in [6, 6.07) is 9.69. The minimum absolute atomic E-state index is 0.232. The van der Waals surface area contributed by atoms with Crippen molar-refractivity contribution in [2.45, 2.75) is 64.1 Å². The molecule has 6 heteroatoms. The van der Waals surface area contributed by atoms with Crippen molar-refractivity contribution >= 4 is 11.0 Å². The summed E-state index contributed by atoms with van der Waals surface area (Å²) in [7, 11) is 0. The SMILES string of the molecule is Fc1ccc2nc(CN(Cc3cccnc3)C[C@@H]3CCCN(C4CCCCC4)C3)[nH]c2c1. The third kappa shape index (κ3) is 5.36. The zero-order chi connectivity index (χ0) is 21.8. The van der Waals surface area contributed by atoms with Crippen molar-refractivity contribution < 1.29 is 4.39 Å². The summed E-state index contributed by atoms with van der Waals surface area (Å²) >= 11 is 0. The molecule has 0 radical (unpaired) electrons. The van der Waals surface area contributed by atoms with Crippen molar-refractivity contribution in [3.63, 3.8) is 0 Å². The lowest BCUT2D eigenvalue weighted by Gasteiger charge is -2.41. The van der Waals surface area contributed by atoms with E-state index in [-0.39, 0.29) is 5.82 Å². The van der Waals surface area contributed by atoms with Crippen LogP contribution in [0.4, 0.5) is 4.39 Å². The zero-order valence-electron chi connectivity index (χ0n) is 18.8. The Labute approximate surface area is 190 Å². The second-order valence-corrected chi connectivity index (χ2v) is 9.67. The normalized spacial score (nSPS) is 20.9. The quantitative estimate of drug-likeness (QED) is 0.558. The number of H-pyrrole nitrogens is 1. The molecule has 1 N–H and O–H groups in total. The lowest BCUT2D eigenvalue weighted by molar-refractivity contribution is 0.0766. The molecular formula is C26H34FN5. The highest BCUT2D eigenvalue weighted by atomic mass is 19.1. The van der Waals surface area contributed by atoms with Crippen molar-refractivity contribution in [1.29, 1.82) is 0 Å². The minimum Gasteiger partial charge on any atom is -0.341 e. The Hall–Kier alpha value is -2.31. The van der Waals surface area contributed by atoms with Crippen molar-refractivity contribution in [2.75, 3.05) is 19.6 Å². The molecular weight excluding hydrogens is 401 g/mol. The molecule has 1 saturated heterocycles. The van der Waals surface area contributed by atoms with Crippen LogP contribution in [0.15, 0.2) is 42.7 Å². The van der Waals surface area contributed by atoms with Crippen LogP contribution in [0.3, 0.4) is 0 Å². The lowest BCUT2D eigenvalue weighted by atomic mass is 9.90. The molecule has 1 aliphatic carbocycles. The molecule has 170 valence electrons. The summed E-state index contributed by atoms with van der Waals surface area (Å²) in [6.07, 6.45) is 13.3. The van der Waals surface area contributed by atoms with Crippen LogP contribution in [-0.4, -0.2) is 50.4 Å². The van der Waals surface area contributed by atoms with Crippen LogP contribution in [0.1, 0.15) is 56.3 Å². The van der Waals surface area contributed by atoms with Crippen LogP contribution >= 0.6 is 0 Å². The average Bonchev–Trinajstić information content (AvgIpc) is 3.22. The highest BCUT2D eigenvalue weighted by Crippen LogP contribution is 2.28. The Morgan fingerprint density at radius 3 is 2.81 bits per heavy atom. The summed E-state index contributed by atoms with van der Waals surface area (Å²) in [5, 5.41) is 0. The van der Waals surface area contributed by atoms with Gasteiger partial charge in [0, 0.05) is 38.1 Å². The number of likely N-dealkylation sites (tertiary alicyclic amines) is 1.